The molecular formula is C22H22N6O. The molecular weight excluding hydrogens is 364 g/mol. The third-order valence-electron chi connectivity index (χ3n) is 4.93. The number of ether oxygens (including phenoxy) is 1. The van der Waals surface area contributed by atoms with Crippen LogP contribution < -0.4 is 19.9 Å². The van der Waals surface area contributed by atoms with E-state index in [9.17, 15) is 0 Å². The molecule has 0 radical (unpaired) electrons. The van der Waals surface area contributed by atoms with E-state index in [2.05, 4.69) is 43.3 Å². The van der Waals surface area contributed by atoms with Crippen LogP contribution >= 0.6 is 0 Å². The average molecular weight is 386 g/mol. The van der Waals surface area contributed by atoms with Crippen LogP contribution in [0.15, 0.2) is 60.8 Å². The minimum Gasteiger partial charge on any atom is -0.497 e. The number of hydrogen-bond donors (Lipinski definition) is 1. The van der Waals surface area contributed by atoms with Crippen LogP contribution in [0.4, 0.5) is 23.1 Å². The smallest absolute Gasteiger partial charge is 0.229 e. The number of nitrogens with one attached hydrogen (secondary N) is 1. The van der Waals surface area contributed by atoms with Gasteiger partial charge in [-0.3, -0.25) is 0 Å². The molecule has 0 bridgehead atoms. The fourth-order valence-electron chi connectivity index (χ4n) is 3.37. The molecule has 146 valence electrons. The van der Waals surface area contributed by atoms with E-state index in [0.29, 0.717) is 11.5 Å². The van der Waals surface area contributed by atoms with Gasteiger partial charge in [0, 0.05) is 43.8 Å². The van der Waals surface area contributed by atoms with Gasteiger partial charge in [0.1, 0.15) is 11.6 Å². The second kappa shape index (κ2) is 8.48. The van der Waals surface area contributed by atoms with Gasteiger partial charge in [-0.2, -0.15) is 10.2 Å². The highest BCUT2D eigenvalue weighted by Gasteiger charge is 2.19. The Morgan fingerprint density at radius 1 is 1.00 bits per heavy atom. The lowest BCUT2D eigenvalue weighted by atomic mass is 10.2. The highest BCUT2D eigenvalue weighted by Crippen LogP contribution is 2.23. The Hall–Kier alpha value is -3.79. The zero-order valence-electron chi connectivity index (χ0n) is 16.2. The first-order valence-electron chi connectivity index (χ1n) is 9.49. The van der Waals surface area contributed by atoms with Gasteiger partial charge in [0.05, 0.1) is 18.7 Å². The van der Waals surface area contributed by atoms with Crippen LogP contribution in [0.5, 0.6) is 5.75 Å². The summed E-state index contributed by atoms with van der Waals surface area (Å²) < 4.78 is 5.24. The van der Waals surface area contributed by atoms with Gasteiger partial charge < -0.3 is 19.9 Å². The third kappa shape index (κ3) is 4.38. The summed E-state index contributed by atoms with van der Waals surface area (Å²) in [6, 6.07) is 19.5. The third-order valence-corrected chi connectivity index (χ3v) is 4.93. The summed E-state index contributed by atoms with van der Waals surface area (Å²) >= 11 is 0. The second-order valence-corrected chi connectivity index (χ2v) is 6.73. The molecule has 1 fully saturated rings. The molecule has 0 spiro atoms. The molecule has 1 N–H and O–H groups in total. The molecule has 0 aliphatic carbocycles. The summed E-state index contributed by atoms with van der Waals surface area (Å²) in [6.07, 6.45) is 1.76. The van der Waals surface area contributed by atoms with Crippen LogP contribution in [0.3, 0.4) is 0 Å². The molecule has 3 aromatic rings. The first kappa shape index (κ1) is 18.6. The van der Waals surface area contributed by atoms with Crippen LogP contribution in [0.25, 0.3) is 0 Å². The zero-order valence-corrected chi connectivity index (χ0v) is 16.2. The topological polar surface area (TPSA) is 77.3 Å². The summed E-state index contributed by atoms with van der Waals surface area (Å²) in [5.74, 6) is 2.29. The number of benzene rings is 2. The van der Waals surface area contributed by atoms with Crippen molar-refractivity contribution in [3.05, 3.63) is 66.4 Å². The van der Waals surface area contributed by atoms with E-state index in [1.165, 1.54) is 5.69 Å². The maximum absolute atomic E-state index is 9.05. The van der Waals surface area contributed by atoms with E-state index < -0.39 is 0 Å². The van der Waals surface area contributed by atoms with Crippen molar-refractivity contribution in [3.63, 3.8) is 0 Å². The van der Waals surface area contributed by atoms with Gasteiger partial charge in [-0.1, -0.05) is 6.07 Å². The maximum Gasteiger partial charge on any atom is 0.229 e. The fraction of sp³-hybridized carbons (Fsp3) is 0.227. The van der Waals surface area contributed by atoms with Gasteiger partial charge in [-0.05, 0) is 48.5 Å². The lowest BCUT2D eigenvalue weighted by molar-refractivity contribution is 0.415. The summed E-state index contributed by atoms with van der Waals surface area (Å²) in [5.41, 5.74) is 2.60. The SMILES string of the molecule is COc1ccc(N2CCN(c3ccnc(Nc4cccc(C#N)c4)n3)CC2)cc1. The molecule has 29 heavy (non-hydrogen) atoms. The maximum atomic E-state index is 9.05. The number of methoxy groups -OCH3 is 1. The van der Waals surface area contributed by atoms with Gasteiger partial charge in [-0.25, -0.2) is 4.98 Å². The number of aromatic nitrogens is 2. The average Bonchev–Trinajstić information content (AvgIpc) is 2.79. The van der Waals surface area contributed by atoms with E-state index in [0.717, 1.165) is 43.4 Å². The number of nitriles is 1. The summed E-state index contributed by atoms with van der Waals surface area (Å²) in [4.78, 5) is 13.6. The van der Waals surface area contributed by atoms with Gasteiger partial charge in [0.15, 0.2) is 0 Å². The monoisotopic (exact) mass is 386 g/mol. The molecule has 0 atom stereocenters. The molecule has 7 nitrogen and oxygen atoms in total. The minimum atomic E-state index is 0.523. The van der Waals surface area contributed by atoms with E-state index >= 15 is 0 Å². The zero-order chi connectivity index (χ0) is 20.1. The molecule has 2 heterocycles. The number of nitrogens with zero attached hydrogens (tertiary/aromatic N) is 5. The molecule has 1 aliphatic heterocycles. The molecule has 1 aliphatic rings. The molecule has 4 rings (SSSR count). The largest absolute Gasteiger partial charge is 0.497 e. The van der Waals surface area contributed by atoms with Gasteiger partial charge in [-0.15, -0.1) is 0 Å². The number of anilines is 4. The molecule has 0 unspecified atom stereocenters. The summed E-state index contributed by atoms with van der Waals surface area (Å²) in [5, 5.41) is 12.2. The van der Waals surface area contributed by atoms with Crippen LogP contribution in [0.1, 0.15) is 5.56 Å². The summed E-state index contributed by atoms with van der Waals surface area (Å²) in [7, 11) is 1.68. The molecule has 1 saturated heterocycles. The number of rotatable bonds is 5. The van der Waals surface area contributed by atoms with Crippen molar-refractivity contribution in [2.24, 2.45) is 0 Å². The Bertz CT molecular complexity index is 1010. The number of piperazine rings is 1. The van der Waals surface area contributed by atoms with E-state index in [-0.39, 0.29) is 0 Å². The minimum absolute atomic E-state index is 0.523. The quantitative estimate of drug-likeness (QED) is 0.720. The van der Waals surface area contributed by atoms with Crippen LogP contribution in [0, 0.1) is 11.3 Å². The van der Waals surface area contributed by atoms with Gasteiger partial charge in [0.2, 0.25) is 5.95 Å². The Labute approximate surface area is 170 Å². The van der Waals surface area contributed by atoms with Crippen molar-refractivity contribution < 1.29 is 4.74 Å². The molecule has 0 amide bonds. The normalized spacial score (nSPS) is 13.7. The van der Waals surface area contributed by atoms with Crippen molar-refractivity contribution in [2.45, 2.75) is 0 Å². The summed E-state index contributed by atoms with van der Waals surface area (Å²) in [6.45, 7) is 3.60. The highest BCUT2D eigenvalue weighted by atomic mass is 16.5. The second-order valence-electron chi connectivity index (χ2n) is 6.73. The van der Waals surface area contributed by atoms with Crippen molar-refractivity contribution in [2.75, 3.05) is 48.4 Å². The molecule has 0 saturated carbocycles. The van der Waals surface area contributed by atoms with Gasteiger partial charge >= 0.3 is 0 Å². The van der Waals surface area contributed by atoms with Crippen molar-refractivity contribution in [1.82, 2.24) is 9.97 Å². The van der Waals surface area contributed by atoms with E-state index in [1.54, 1.807) is 25.4 Å². The Morgan fingerprint density at radius 3 is 2.48 bits per heavy atom. The molecule has 1 aromatic heterocycles. The predicted molar refractivity (Wildman–Crippen MR) is 114 cm³/mol. The predicted octanol–water partition coefficient (Wildman–Crippen LogP) is 3.43. The van der Waals surface area contributed by atoms with Crippen molar-refractivity contribution in [1.29, 1.82) is 5.26 Å². The number of hydrogen-bond acceptors (Lipinski definition) is 7. The van der Waals surface area contributed by atoms with Crippen LogP contribution in [0.2, 0.25) is 0 Å². The highest BCUT2D eigenvalue weighted by molar-refractivity contribution is 5.58. The lowest BCUT2D eigenvalue weighted by Gasteiger charge is -2.36. The Kier molecular flexibility index (Phi) is 5.43. The molecule has 2 aromatic carbocycles. The Balaban J connectivity index is 1.40. The fourth-order valence-corrected chi connectivity index (χ4v) is 3.37. The van der Waals surface area contributed by atoms with Gasteiger partial charge in [0.25, 0.3) is 0 Å². The van der Waals surface area contributed by atoms with Crippen LogP contribution in [-0.4, -0.2) is 43.3 Å². The Morgan fingerprint density at radius 2 is 1.76 bits per heavy atom. The standard InChI is InChI=1S/C22H22N6O/c1-29-20-7-5-19(6-8-20)27-11-13-28(14-12-27)21-9-10-24-22(26-21)25-18-4-2-3-17(15-18)16-23/h2-10,15H,11-14H2,1H3,(H,24,25,26). The lowest BCUT2D eigenvalue weighted by Crippen LogP contribution is -2.46. The van der Waals surface area contributed by atoms with E-state index in [4.69, 9.17) is 10.00 Å². The first-order chi connectivity index (χ1) is 14.2. The van der Waals surface area contributed by atoms with Crippen molar-refractivity contribution in [3.8, 4) is 11.8 Å². The first-order valence-corrected chi connectivity index (χ1v) is 9.49. The van der Waals surface area contributed by atoms with Crippen LogP contribution in [-0.2, 0) is 0 Å². The van der Waals surface area contributed by atoms with Crippen molar-refractivity contribution >= 4 is 23.1 Å². The van der Waals surface area contributed by atoms with E-state index in [1.807, 2.05) is 30.3 Å². The molecule has 7 heteroatoms.